The van der Waals surface area contributed by atoms with Crippen molar-refractivity contribution in [2.24, 2.45) is 0 Å². The quantitative estimate of drug-likeness (QED) is 0.157. The fourth-order valence-electron chi connectivity index (χ4n) is 3.65. The monoisotopic (exact) mass is 634 g/mol. The topological polar surface area (TPSA) is 29.5 Å². The summed E-state index contributed by atoms with van der Waals surface area (Å²) in [5, 5.41) is 10.3. The van der Waals surface area contributed by atoms with Crippen LogP contribution in [0.3, 0.4) is 0 Å². The second kappa shape index (κ2) is 15.5. The zero-order chi connectivity index (χ0) is 21.6. The van der Waals surface area contributed by atoms with Gasteiger partial charge in [-0.15, -0.1) is 0 Å². The molecule has 30 heavy (non-hydrogen) atoms. The third-order valence-corrected chi connectivity index (χ3v) is 7.41. The predicted molar refractivity (Wildman–Crippen MR) is 145 cm³/mol. The first-order chi connectivity index (χ1) is 14.6. The Hall–Kier alpha value is -0.340. The van der Waals surface area contributed by atoms with E-state index in [1.54, 1.807) is 0 Å². The van der Waals surface area contributed by atoms with E-state index in [0.717, 1.165) is 22.2 Å². The van der Waals surface area contributed by atoms with Gasteiger partial charge in [-0.1, -0.05) is 101 Å². The normalized spacial score (nSPS) is 12.1. The van der Waals surface area contributed by atoms with Gasteiger partial charge in [0.1, 0.15) is 12.4 Å². The van der Waals surface area contributed by atoms with Crippen LogP contribution in [0.25, 0.3) is 11.1 Å². The second-order valence-electron chi connectivity index (χ2n) is 8.04. The highest BCUT2D eigenvalue weighted by Gasteiger charge is 2.14. The van der Waals surface area contributed by atoms with Crippen molar-refractivity contribution in [2.45, 2.75) is 83.7 Å². The van der Waals surface area contributed by atoms with Gasteiger partial charge in [-0.3, -0.25) is 0 Å². The first-order valence-corrected chi connectivity index (χ1v) is 13.6. The van der Waals surface area contributed by atoms with E-state index in [9.17, 15) is 5.11 Å². The molecule has 2 nitrogen and oxygen atoms in total. The standard InChI is InChI=1S/C26H36I2O2/c1-2-3-4-5-6-7-8-9-10-14-17-22(29)20-30-24-19-18-23(27)25(26(24)28)21-15-12-11-13-16-21/h11-13,15-16,18-19,22,29H,2-10,14,17,20H2,1H3. The molecule has 0 aliphatic carbocycles. The number of ether oxygens (including phenoxy) is 1. The SMILES string of the molecule is CCCCCCCCCCCCC(O)COc1ccc(I)c(-c2ccccc2)c1I. The third kappa shape index (κ3) is 9.43. The van der Waals surface area contributed by atoms with E-state index in [0.29, 0.717) is 6.61 Å². The van der Waals surface area contributed by atoms with Crippen LogP contribution in [0.1, 0.15) is 77.6 Å². The van der Waals surface area contributed by atoms with Crippen LogP contribution in [0.15, 0.2) is 42.5 Å². The van der Waals surface area contributed by atoms with Crippen molar-refractivity contribution in [3.8, 4) is 16.9 Å². The van der Waals surface area contributed by atoms with Gasteiger partial charge in [0.15, 0.2) is 0 Å². The van der Waals surface area contributed by atoms with Gasteiger partial charge in [0.2, 0.25) is 0 Å². The molecule has 0 bridgehead atoms. The fraction of sp³-hybridized carbons (Fsp3) is 0.538. The Kier molecular flexibility index (Phi) is 13.4. The van der Waals surface area contributed by atoms with Crippen LogP contribution >= 0.6 is 45.2 Å². The molecule has 0 heterocycles. The van der Waals surface area contributed by atoms with Crippen molar-refractivity contribution in [2.75, 3.05) is 6.61 Å². The molecule has 4 heteroatoms. The number of rotatable bonds is 15. The number of benzene rings is 2. The molecule has 0 spiro atoms. The smallest absolute Gasteiger partial charge is 0.133 e. The Labute approximate surface area is 210 Å². The first-order valence-electron chi connectivity index (χ1n) is 11.5. The fourth-order valence-corrected chi connectivity index (χ4v) is 5.87. The van der Waals surface area contributed by atoms with Crippen LogP contribution in [0.2, 0.25) is 0 Å². The maximum Gasteiger partial charge on any atom is 0.133 e. The van der Waals surface area contributed by atoms with Crippen LogP contribution in [0.5, 0.6) is 5.75 Å². The Balaban J connectivity index is 1.67. The minimum atomic E-state index is -0.394. The van der Waals surface area contributed by atoms with Crippen molar-refractivity contribution in [1.29, 1.82) is 0 Å². The van der Waals surface area contributed by atoms with E-state index < -0.39 is 6.10 Å². The summed E-state index contributed by atoms with van der Waals surface area (Å²) in [4.78, 5) is 0. The van der Waals surface area contributed by atoms with Crippen molar-refractivity contribution in [3.63, 3.8) is 0 Å². The summed E-state index contributed by atoms with van der Waals surface area (Å²) >= 11 is 4.74. The Morgan fingerprint density at radius 2 is 1.40 bits per heavy atom. The number of halogens is 2. The molecule has 0 fully saturated rings. The molecule has 1 atom stereocenters. The molecule has 0 radical (unpaired) electrons. The molecule has 0 saturated heterocycles. The molecule has 0 aromatic heterocycles. The zero-order valence-corrected chi connectivity index (χ0v) is 22.5. The maximum atomic E-state index is 10.3. The van der Waals surface area contributed by atoms with E-state index in [-0.39, 0.29) is 0 Å². The lowest BCUT2D eigenvalue weighted by atomic mass is 10.0. The summed E-state index contributed by atoms with van der Waals surface area (Å²) in [7, 11) is 0. The van der Waals surface area contributed by atoms with Crippen LogP contribution in [-0.2, 0) is 0 Å². The molecule has 0 aliphatic rings. The third-order valence-electron chi connectivity index (χ3n) is 5.44. The molecule has 2 aromatic rings. The van der Waals surface area contributed by atoms with Crippen LogP contribution in [0.4, 0.5) is 0 Å². The largest absolute Gasteiger partial charge is 0.490 e. The molecule has 166 valence electrons. The van der Waals surface area contributed by atoms with Gasteiger partial charge >= 0.3 is 0 Å². The van der Waals surface area contributed by atoms with E-state index >= 15 is 0 Å². The van der Waals surface area contributed by atoms with Gasteiger partial charge in [0, 0.05) is 9.13 Å². The Morgan fingerprint density at radius 3 is 2.03 bits per heavy atom. The van der Waals surface area contributed by atoms with Gasteiger partial charge in [-0.05, 0) is 69.3 Å². The van der Waals surface area contributed by atoms with Crippen molar-refractivity contribution in [3.05, 3.63) is 49.6 Å². The lowest BCUT2D eigenvalue weighted by Gasteiger charge is -2.16. The molecule has 0 amide bonds. The molecular formula is C26H36I2O2. The highest BCUT2D eigenvalue weighted by atomic mass is 127. The minimum absolute atomic E-state index is 0.363. The summed E-state index contributed by atoms with van der Waals surface area (Å²) in [6.45, 7) is 2.63. The number of aliphatic hydroxyl groups is 1. The summed E-state index contributed by atoms with van der Waals surface area (Å²) in [5.74, 6) is 0.858. The van der Waals surface area contributed by atoms with Crippen LogP contribution in [-0.4, -0.2) is 17.8 Å². The maximum absolute atomic E-state index is 10.3. The first kappa shape index (κ1) is 25.9. The van der Waals surface area contributed by atoms with Crippen LogP contribution in [0, 0.1) is 7.14 Å². The number of unbranched alkanes of at least 4 members (excludes halogenated alkanes) is 9. The molecule has 0 aliphatic heterocycles. The molecular weight excluding hydrogens is 598 g/mol. The lowest BCUT2D eigenvalue weighted by molar-refractivity contribution is 0.0970. The summed E-state index contributed by atoms with van der Waals surface area (Å²) in [6.07, 6.45) is 13.6. The molecule has 0 saturated carbocycles. The highest BCUT2D eigenvalue weighted by Crippen LogP contribution is 2.36. The van der Waals surface area contributed by atoms with Gasteiger partial charge < -0.3 is 9.84 Å². The molecule has 2 rings (SSSR count). The second-order valence-corrected chi connectivity index (χ2v) is 10.3. The summed E-state index contributed by atoms with van der Waals surface area (Å²) in [6, 6.07) is 14.5. The molecule has 1 N–H and O–H groups in total. The van der Waals surface area contributed by atoms with Gasteiger partial charge in [-0.25, -0.2) is 0 Å². The van der Waals surface area contributed by atoms with E-state index in [2.05, 4.69) is 82.4 Å². The van der Waals surface area contributed by atoms with Crippen molar-refractivity contribution in [1.82, 2.24) is 0 Å². The average molecular weight is 634 g/mol. The number of hydrogen-bond acceptors (Lipinski definition) is 2. The summed E-state index contributed by atoms with van der Waals surface area (Å²) in [5.41, 5.74) is 2.40. The van der Waals surface area contributed by atoms with Gasteiger partial charge in [0.05, 0.1) is 9.67 Å². The van der Waals surface area contributed by atoms with Crippen molar-refractivity contribution < 1.29 is 9.84 Å². The van der Waals surface area contributed by atoms with E-state index in [1.165, 1.54) is 72.5 Å². The van der Waals surface area contributed by atoms with Gasteiger partial charge in [0.25, 0.3) is 0 Å². The number of hydrogen-bond donors (Lipinski definition) is 1. The molecule has 1 unspecified atom stereocenters. The van der Waals surface area contributed by atoms with E-state index in [4.69, 9.17) is 4.74 Å². The highest BCUT2D eigenvalue weighted by molar-refractivity contribution is 14.1. The zero-order valence-electron chi connectivity index (χ0n) is 18.2. The van der Waals surface area contributed by atoms with Crippen LogP contribution < -0.4 is 4.74 Å². The molecule has 2 aromatic carbocycles. The lowest BCUT2D eigenvalue weighted by Crippen LogP contribution is -2.17. The minimum Gasteiger partial charge on any atom is -0.490 e. The Morgan fingerprint density at radius 1 is 0.800 bits per heavy atom. The average Bonchev–Trinajstić information content (AvgIpc) is 2.75. The summed E-state index contributed by atoms with van der Waals surface area (Å²) < 4.78 is 8.32. The van der Waals surface area contributed by atoms with Gasteiger partial charge in [-0.2, -0.15) is 0 Å². The number of aliphatic hydroxyl groups excluding tert-OH is 1. The predicted octanol–water partition coefficient (Wildman–Crippen LogP) is 8.61. The van der Waals surface area contributed by atoms with E-state index in [1.807, 2.05) is 12.1 Å². The Bertz CT molecular complexity index is 718. The van der Waals surface area contributed by atoms with Crippen molar-refractivity contribution >= 4 is 45.2 Å².